The van der Waals surface area contributed by atoms with Crippen molar-refractivity contribution in [2.75, 3.05) is 5.32 Å². The molecule has 5 nitrogen and oxygen atoms in total. The lowest BCUT2D eigenvalue weighted by Crippen LogP contribution is -2.30. The van der Waals surface area contributed by atoms with Gasteiger partial charge in [-0.05, 0) is 65.2 Å². The fourth-order valence-corrected chi connectivity index (χ4v) is 4.23. The highest BCUT2D eigenvalue weighted by Gasteiger charge is 2.18. The van der Waals surface area contributed by atoms with E-state index in [1.165, 1.54) is 18.2 Å². The normalized spacial score (nSPS) is 10.6. The first-order valence-corrected chi connectivity index (χ1v) is 12.2. The average Bonchev–Trinajstić information content (AvgIpc) is 2.89. The molecule has 3 N–H and O–H groups in total. The fraction of sp³-hybridized carbons (Fsp3) is 0.103. The van der Waals surface area contributed by atoms with Gasteiger partial charge >= 0.3 is 0 Å². The maximum absolute atomic E-state index is 13.8. The summed E-state index contributed by atoms with van der Waals surface area (Å²) < 4.78 is 14.6. The molecule has 0 unspecified atom stereocenters. The molecule has 0 atom stereocenters. The molecule has 4 aromatic carbocycles. The third kappa shape index (κ3) is 6.65. The number of amides is 2. The molecule has 4 rings (SSSR count). The van der Waals surface area contributed by atoms with E-state index in [4.69, 9.17) is 5.73 Å². The highest BCUT2D eigenvalue weighted by atomic mass is 79.9. The number of nitrogens with zero attached hydrogens (tertiary/aromatic N) is 1. The molecule has 7 heteroatoms. The van der Waals surface area contributed by atoms with Gasteiger partial charge in [-0.1, -0.05) is 64.5 Å². The summed E-state index contributed by atoms with van der Waals surface area (Å²) in [4.78, 5) is 27.5. The zero-order chi connectivity index (χ0) is 25.5. The Kier molecular flexibility index (Phi) is 8.25. The second kappa shape index (κ2) is 11.7. The molecule has 0 aromatic heterocycles. The van der Waals surface area contributed by atoms with Crippen LogP contribution >= 0.6 is 15.9 Å². The number of nitrogens with one attached hydrogen (secondary N) is 1. The van der Waals surface area contributed by atoms with Crippen LogP contribution in [0.3, 0.4) is 0 Å². The van der Waals surface area contributed by atoms with Crippen molar-refractivity contribution in [2.45, 2.75) is 19.6 Å². The summed E-state index contributed by atoms with van der Waals surface area (Å²) in [6, 6.07) is 27.9. The maximum atomic E-state index is 13.8. The molecule has 0 fully saturated rings. The second-order valence-electron chi connectivity index (χ2n) is 8.36. The molecule has 0 spiro atoms. The summed E-state index contributed by atoms with van der Waals surface area (Å²) in [5, 5.41) is 2.88. The van der Waals surface area contributed by atoms with Gasteiger partial charge in [-0.2, -0.15) is 0 Å². The van der Waals surface area contributed by atoms with Gasteiger partial charge in [-0.3, -0.25) is 9.59 Å². The van der Waals surface area contributed by atoms with Gasteiger partial charge in [0.25, 0.3) is 11.8 Å². The van der Waals surface area contributed by atoms with Crippen molar-refractivity contribution < 1.29 is 14.0 Å². The number of benzene rings is 4. The third-order valence-corrected chi connectivity index (χ3v) is 6.12. The lowest BCUT2D eigenvalue weighted by molar-refractivity contribution is 0.0729. The van der Waals surface area contributed by atoms with Crippen molar-refractivity contribution in [3.8, 4) is 0 Å². The predicted octanol–water partition coefficient (Wildman–Crippen LogP) is 6.14. The summed E-state index contributed by atoms with van der Waals surface area (Å²) in [6.45, 7) is 1.05. The molecule has 0 radical (unpaired) electrons. The standard InChI is InChI=1S/C29H25BrFN3O2/c30-25-8-2-6-23(15-25)28(35)33-27-12-10-20(11-13-27)18-34(19-22-5-1-4-21(14-22)17-32)29(36)24-7-3-9-26(31)16-24/h1-16H,17-19,32H2,(H,33,35). The van der Waals surface area contributed by atoms with E-state index < -0.39 is 5.82 Å². The monoisotopic (exact) mass is 545 g/mol. The molecule has 0 aliphatic heterocycles. The van der Waals surface area contributed by atoms with Crippen LogP contribution < -0.4 is 11.1 Å². The first-order valence-electron chi connectivity index (χ1n) is 11.4. The fourth-order valence-electron chi connectivity index (χ4n) is 3.83. The van der Waals surface area contributed by atoms with Crippen molar-refractivity contribution >= 4 is 33.4 Å². The smallest absolute Gasteiger partial charge is 0.255 e. The highest BCUT2D eigenvalue weighted by Crippen LogP contribution is 2.19. The Balaban J connectivity index is 1.52. The number of rotatable bonds is 8. The van der Waals surface area contributed by atoms with E-state index in [-0.39, 0.29) is 17.4 Å². The van der Waals surface area contributed by atoms with Crippen molar-refractivity contribution in [3.05, 3.63) is 135 Å². The first-order chi connectivity index (χ1) is 17.4. The predicted molar refractivity (Wildman–Crippen MR) is 143 cm³/mol. The van der Waals surface area contributed by atoms with Crippen molar-refractivity contribution in [2.24, 2.45) is 5.73 Å². The molecule has 0 aliphatic rings. The van der Waals surface area contributed by atoms with E-state index in [9.17, 15) is 14.0 Å². The van der Waals surface area contributed by atoms with Crippen LogP contribution in [0, 0.1) is 5.82 Å². The van der Waals surface area contributed by atoms with Crippen LogP contribution in [0.15, 0.2) is 102 Å². The van der Waals surface area contributed by atoms with Crippen molar-refractivity contribution in [3.63, 3.8) is 0 Å². The highest BCUT2D eigenvalue weighted by molar-refractivity contribution is 9.10. The molecule has 0 aliphatic carbocycles. The van der Waals surface area contributed by atoms with Gasteiger partial charge < -0.3 is 16.0 Å². The number of hydrogen-bond donors (Lipinski definition) is 2. The molecule has 0 saturated carbocycles. The van der Waals surface area contributed by atoms with Crippen LogP contribution in [-0.4, -0.2) is 16.7 Å². The molecule has 0 saturated heterocycles. The van der Waals surface area contributed by atoms with E-state index in [0.29, 0.717) is 30.9 Å². The Hall–Kier alpha value is -3.81. The van der Waals surface area contributed by atoms with E-state index >= 15 is 0 Å². The summed E-state index contributed by atoms with van der Waals surface area (Å²) in [5.74, 6) is -0.956. The zero-order valence-electron chi connectivity index (χ0n) is 19.5. The van der Waals surface area contributed by atoms with E-state index in [0.717, 1.165) is 21.2 Å². The molecule has 0 heterocycles. The first kappa shape index (κ1) is 25.3. The van der Waals surface area contributed by atoms with Gasteiger partial charge in [0.05, 0.1) is 0 Å². The van der Waals surface area contributed by atoms with E-state index in [1.54, 1.807) is 41.3 Å². The number of carbonyl (C=O) groups excluding carboxylic acids is 2. The minimum atomic E-state index is -0.462. The van der Waals surface area contributed by atoms with Gasteiger partial charge in [0, 0.05) is 40.9 Å². The van der Waals surface area contributed by atoms with E-state index in [1.807, 2.05) is 42.5 Å². The van der Waals surface area contributed by atoms with Crippen LogP contribution in [0.1, 0.15) is 37.4 Å². The van der Waals surface area contributed by atoms with Crippen LogP contribution in [0.2, 0.25) is 0 Å². The van der Waals surface area contributed by atoms with Crippen LogP contribution in [-0.2, 0) is 19.6 Å². The Morgan fingerprint density at radius 2 is 1.44 bits per heavy atom. The Morgan fingerprint density at radius 3 is 2.17 bits per heavy atom. The van der Waals surface area contributed by atoms with Gasteiger partial charge in [0.1, 0.15) is 5.82 Å². The molecule has 0 bridgehead atoms. The van der Waals surface area contributed by atoms with Crippen molar-refractivity contribution in [1.82, 2.24) is 4.90 Å². The molecular weight excluding hydrogens is 521 g/mol. The molecular formula is C29H25BrFN3O2. The molecule has 36 heavy (non-hydrogen) atoms. The minimum Gasteiger partial charge on any atom is -0.330 e. The summed E-state index contributed by atoms with van der Waals surface area (Å²) in [7, 11) is 0. The zero-order valence-corrected chi connectivity index (χ0v) is 21.0. The van der Waals surface area contributed by atoms with E-state index in [2.05, 4.69) is 21.2 Å². The van der Waals surface area contributed by atoms with Gasteiger partial charge in [-0.25, -0.2) is 4.39 Å². The summed E-state index contributed by atoms with van der Waals surface area (Å²) in [5.41, 5.74) is 10.0. The van der Waals surface area contributed by atoms with Gasteiger partial charge in [-0.15, -0.1) is 0 Å². The van der Waals surface area contributed by atoms with Crippen LogP contribution in [0.25, 0.3) is 0 Å². The second-order valence-corrected chi connectivity index (χ2v) is 9.27. The SMILES string of the molecule is NCc1cccc(CN(Cc2ccc(NC(=O)c3cccc(Br)c3)cc2)C(=O)c2cccc(F)c2)c1. The number of anilines is 1. The quantitative estimate of drug-likeness (QED) is 0.279. The summed E-state index contributed by atoms with van der Waals surface area (Å²) in [6.07, 6.45) is 0. The average molecular weight is 546 g/mol. The maximum Gasteiger partial charge on any atom is 0.255 e. The van der Waals surface area contributed by atoms with Crippen molar-refractivity contribution in [1.29, 1.82) is 0 Å². The minimum absolute atomic E-state index is 0.216. The Morgan fingerprint density at radius 1 is 0.778 bits per heavy atom. The third-order valence-electron chi connectivity index (χ3n) is 5.63. The number of halogens is 2. The Labute approximate surface area is 217 Å². The lowest BCUT2D eigenvalue weighted by Gasteiger charge is -2.24. The van der Waals surface area contributed by atoms with Crippen LogP contribution in [0.4, 0.5) is 10.1 Å². The molecule has 2 amide bonds. The van der Waals surface area contributed by atoms with Gasteiger partial charge in [0.15, 0.2) is 0 Å². The Bertz CT molecular complexity index is 1380. The van der Waals surface area contributed by atoms with Gasteiger partial charge in [0.2, 0.25) is 0 Å². The molecule has 4 aromatic rings. The molecule has 182 valence electrons. The number of carbonyl (C=O) groups is 2. The topological polar surface area (TPSA) is 75.4 Å². The number of hydrogen-bond acceptors (Lipinski definition) is 3. The number of nitrogens with two attached hydrogens (primary N) is 1. The largest absolute Gasteiger partial charge is 0.330 e. The van der Waals surface area contributed by atoms with Crippen LogP contribution in [0.5, 0.6) is 0 Å². The lowest BCUT2D eigenvalue weighted by atomic mass is 10.1. The summed E-state index contributed by atoms with van der Waals surface area (Å²) >= 11 is 3.37.